The summed E-state index contributed by atoms with van der Waals surface area (Å²) in [4.78, 5) is 0. The van der Waals surface area contributed by atoms with Crippen molar-refractivity contribution in [2.75, 3.05) is 0 Å². The Morgan fingerprint density at radius 1 is 1.33 bits per heavy atom. The number of halogens is 1. The smallest absolute Gasteiger partial charge is 0.101 e. The van der Waals surface area contributed by atoms with Crippen LogP contribution in [0, 0.1) is 22.7 Å². The van der Waals surface area contributed by atoms with Gasteiger partial charge in [0, 0.05) is 0 Å². The van der Waals surface area contributed by atoms with Crippen LogP contribution in [0.15, 0.2) is 12.1 Å². The zero-order valence-electron chi connectivity index (χ0n) is 8.71. The van der Waals surface area contributed by atoms with Gasteiger partial charge in [-0.1, -0.05) is 31.5 Å². The molecule has 0 spiro atoms. The average molecular weight is 219 g/mol. The highest BCUT2D eigenvalue weighted by Crippen LogP contribution is 2.26. The third-order valence-electron chi connectivity index (χ3n) is 2.23. The van der Waals surface area contributed by atoms with E-state index in [-0.39, 0.29) is 6.42 Å². The van der Waals surface area contributed by atoms with E-state index in [4.69, 9.17) is 22.1 Å². The van der Waals surface area contributed by atoms with Crippen molar-refractivity contribution in [3.63, 3.8) is 0 Å². The van der Waals surface area contributed by atoms with Gasteiger partial charge < -0.3 is 0 Å². The van der Waals surface area contributed by atoms with Crippen LogP contribution in [0.25, 0.3) is 0 Å². The first kappa shape index (κ1) is 11.6. The molecule has 3 heteroatoms. The van der Waals surface area contributed by atoms with Crippen molar-refractivity contribution in [3.8, 4) is 12.1 Å². The molecule has 0 saturated carbocycles. The van der Waals surface area contributed by atoms with Gasteiger partial charge in [-0.15, -0.1) is 0 Å². The lowest BCUT2D eigenvalue weighted by Crippen LogP contribution is -1.95. The van der Waals surface area contributed by atoms with Crippen molar-refractivity contribution in [1.82, 2.24) is 0 Å². The number of nitrogens with zero attached hydrogens (tertiary/aromatic N) is 2. The van der Waals surface area contributed by atoms with Crippen LogP contribution in [0.1, 0.15) is 36.5 Å². The molecular weight excluding hydrogens is 208 g/mol. The molecule has 0 aliphatic carbocycles. The molecule has 0 heterocycles. The number of hydrogen-bond donors (Lipinski definition) is 0. The zero-order valence-corrected chi connectivity index (χ0v) is 9.47. The van der Waals surface area contributed by atoms with E-state index in [1.165, 1.54) is 0 Å². The molecule has 1 aromatic carbocycles. The number of nitriles is 2. The third-order valence-corrected chi connectivity index (χ3v) is 2.67. The van der Waals surface area contributed by atoms with Crippen LogP contribution in [-0.4, -0.2) is 0 Å². The van der Waals surface area contributed by atoms with E-state index < -0.39 is 0 Å². The molecule has 15 heavy (non-hydrogen) atoms. The normalized spacial score (nSPS) is 9.73. The molecule has 1 aromatic rings. The van der Waals surface area contributed by atoms with Crippen LogP contribution in [0.3, 0.4) is 0 Å². The van der Waals surface area contributed by atoms with Crippen molar-refractivity contribution in [1.29, 1.82) is 10.5 Å². The second-order valence-electron chi connectivity index (χ2n) is 3.64. The maximum absolute atomic E-state index is 8.90. The highest BCUT2D eigenvalue weighted by Gasteiger charge is 2.10. The summed E-state index contributed by atoms with van der Waals surface area (Å²) in [6.07, 6.45) is 0.244. The van der Waals surface area contributed by atoms with E-state index in [2.05, 4.69) is 0 Å². The molecule has 0 aromatic heterocycles. The first-order chi connectivity index (χ1) is 7.10. The summed E-state index contributed by atoms with van der Waals surface area (Å²) in [5.41, 5.74) is 2.23. The predicted octanol–water partition coefficient (Wildman–Crippen LogP) is 3.40. The van der Waals surface area contributed by atoms with Crippen LogP contribution in [0.5, 0.6) is 0 Å². The highest BCUT2D eigenvalue weighted by atomic mass is 35.5. The minimum Gasteiger partial charge on any atom is -0.198 e. The first-order valence-corrected chi connectivity index (χ1v) is 5.07. The van der Waals surface area contributed by atoms with Crippen LogP contribution in [0.2, 0.25) is 5.02 Å². The van der Waals surface area contributed by atoms with Crippen molar-refractivity contribution >= 4 is 11.6 Å². The predicted molar refractivity (Wildman–Crippen MR) is 59.6 cm³/mol. The number of benzene rings is 1. The molecule has 0 bridgehead atoms. The Bertz CT molecular complexity index is 450. The molecule has 1 rings (SSSR count). The Morgan fingerprint density at radius 2 is 2.00 bits per heavy atom. The lowest BCUT2D eigenvalue weighted by molar-refractivity contribution is 0.863. The van der Waals surface area contributed by atoms with E-state index in [9.17, 15) is 0 Å². The van der Waals surface area contributed by atoms with Crippen molar-refractivity contribution < 1.29 is 0 Å². The number of hydrogen-bond acceptors (Lipinski definition) is 2. The Hall–Kier alpha value is -1.51. The quantitative estimate of drug-likeness (QED) is 0.764. The Kier molecular flexibility index (Phi) is 3.72. The molecule has 0 radical (unpaired) electrons. The van der Waals surface area contributed by atoms with Crippen molar-refractivity contribution in [2.45, 2.75) is 26.2 Å². The SMILES string of the molecule is CC(C)c1cc(C#N)c(Cl)c(CC#N)c1. The molecular formula is C12H11ClN2. The van der Waals surface area contributed by atoms with Crippen LogP contribution in [-0.2, 0) is 6.42 Å². The highest BCUT2D eigenvalue weighted by molar-refractivity contribution is 6.32. The van der Waals surface area contributed by atoms with Gasteiger partial charge in [-0.05, 0) is 23.1 Å². The average Bonchev–Trinajstić information content (AvgIpc) is 2.21. The molecule has 0 saturated heterocycles. The number of rotatable bonds is 2. The first-order valence-electron chi connectivity index (χ1n) is 4.69. The van der Waals surface area contributed by atoms with Gasteiger partial charge in [-0.3, -0.25) is 0 Å². The van der Waals surface area contributed by atoms with E-state index in [0.717, 1.165) is 11.1 Å². The fraction of sp³-hybridized carbons (Fsp3) is 0.333. The summed E-state index contributed by atoms with van der Waals surface area (Å²) in [5, 5.41) is 18.0. The van der Waals surface area contributed by atoms with Gasteiger partial charge in [0.2, 0.25) is 0 Å². The van der Waals surface area contributed by atoms with Gasteiger partial charge in [0.05, 0.1) is 23.1 Å². The van der Waals surface area contributed by atoms with Crippen molar-refractivity contribution in [2.24, 2.45) is 0 Å². The molecule has 0 N–H and O–H groups in total. The van der Waals surface area contributed by atoms with E-state index in [1.807, 2.05) is 32.1 Å². The molecule has 0 aliphatic rings. The molecule has 2 nitrogen and oxygen atoms in total. The fourth-order valence-corrected chi connectivity index (χ4v) is 1.56. The summed E-state index contributed by atoms with van der Waals surface area (Å²) in [7, 11) is 0. The van der Waals surface area contributed by atoms with Gasteiger partial charge in [0.15, 0.2) is 0 Å². The Labute approximate surface area is 94.7 Å². The topological polar surface area (TPSA) is 47.6 Å². The Balaban J connectivity index is 3.34. The van der Waals surface area contributed by atoms with Gasteiger partial charge in [-0.25, -0.2) is 0 Å². The molecule has 0 fully saturated rings. The van der Waals surface area contributed by atoms with Gasteiger partial charge in [0.25, 0.3) is 0 Å². The van der Waals surface area contributed by atoms with Crippen molar-refractivity contribution in [3.05, 3.63) is 33.8 Å². The second kappa shape index (κ2) is 4.82. The maximum Gasteiger partial charge on any atom is 0.101 e. The standard InChI is InChI=1S/C12H11ClN2/c1-8(2)10-5-9(3-4-14)12(13)11(6-10)7-15/h5-6,8H,3H2,1-2H3. The van der Waals surface area contributed by atoms with Gasteiger partial charge in [-0.2, -0.15) is 10.5 Å². The van der Waals surface area contributed by atoms with Gasteiger partial charge >= 0.3 is 0 Å². The van der Waals surface area contributed by atoms with E-state index in [0.29, 0.717) is 16.5 Å². The second-order valence-corrected chi connectivity index (χ2v) is 4.02. The minimum atomic E-state index is 0.244. The third kappa shape index (κ3) is 2.49. The molecule has 0 aliphatic heterocycles. The molecule has 0 unspecified atom stereocenters. The lowest BCUT2D eigenvalue weighted by atomic mass is 9.97. The summed E-state index contributed by atoms with van der Waals surface area (Å²) in [5.74, 6) is 0.326. The van der Waals surface area contributed by atoms with Crippen LogP contribution >= 0.6 is 11.6 Å². The van der Waals surface area contributed by atoms with E-state index >= 15 is 0 Å². The Morgan fingerprint density at radius 3 is 2.47 bits per heavy atom. The van der Waals surface area contributed by atoms with Gasteiger partial charge in [0.1, 0.15) is 6.07 Å². The molecule has 76 valence electrons. The van der Waals surface area contributed by atoms with E-state index in [1.54, 1.807) is 6.07 Å². The summed E-state index contributed by atoms with van der Waals surface area (Å²) < 4.78 is 0. The summed E-state index contributed by atoms with van der Waals surface area (Å²) >= 11 is 5.99. The lowest BCUT2D eigenvalue weighted by Gasteiger charge is -2.09. The zero-order chi connectivity index (χ0) is 11.4. The minimum absolute atomic E-state index is 0.244. The molecule has 0 atom stereocenters. The fourth-order valence-electron chi connectivity index (χ4n) is 1.34. The van der Waals surface area contributed by atoms with Crippen LogP contribution < -0.4 is 0 Å². The monoisotopic (exact) mass is 218 g/mol. The maximum atomic E-state index is 8.90. The molecule has 0 amide bonds. The largest absolute Gasteiger partial charge is 0.198 e. The van der Waals surface area contributed by atoms with Crippen LogP contribution in [0.4, 0.5) is 0 Å². The summed E-state index contributed by atoms with van der Waals surface area (Å²) in [6, 6.07) is 7.78. The summed E-state index contributed by atoms with van der Waals surface area (Å²) in [6.45, 7) is 4.08.